The van der Waals surface area contributed by atoms with E-state index >= 15 is 0 Å². The molecule has 0 aliphatic heterocycles. The minimum atomic E-state index is 0.221. The Morgan fingerprint density at radius 1 is 1.50 bits per heavy atom. The van der Waals surface area contributed by atoms with Crippen molar-refractivity contribution in [1.29, 1.82) is 0 Å². The zero-order chi connectivity index (χ0) is 9.45. The second-order valence-electron chi connectivity index (χ2n) is 3.75. The zero-order valence-corrected chi connectivity index (χ0v) is 8.52. The molecule has 0 spiro atoms. The van der Waals surface area contributed by atoms with Crippen LogP contribution < -0.4 is 5.32 Å². The van der Waals surface area contributed by atoms with Crippen LogP contribution in [0.5, 0.6) is 0 Å². The van der Waals surface area contributed by atoms with E-state index in [-0.39, 0.29) is 5.41 Å². The predicted molar refractivity (Wildman–Crippen MR) is 53.3 cm³/mol. The number of ether oxygens (including phenoxy) is 1. The maximum Gasteiger partial charge on any atom is 0.0645 e. The van der Waals surface area contributed by atoms with Gasteiger partial charge in [-0.1, -0.05) is 26.8 Å². The Kier molecular flexibility index (Phi) is 6.03. The minimum Gasteiger partial charge on any atom is -0.377 e. The lowest BCUT2D eigenvalue weighted by Crippen LogP contribution is -2.33. The Labute approximate surface area is 76.0 Å². The normalized spacial score (nSPS) is 11.6. The van der Waals surface area contributed by atoms with Gasteiger partial charge < -0.3 is 10.1 Å². The highest BCUT2D eigenvalue weighted by Crippen LogP contribution is 2.13. The third-order valence-corrected chi connectivity index (χ3v) is 1.58. The molecule has 0 aromatic carbocycles. The first-order valence-corrected chi connectivity index (χ1v) is 4.52. The van der Waals surface area contributed by atoms with Gasteiger partial charge in [-0.3, -0.25) is 0 Å². The molecule has 0 bridgehead atoms. The van der Waals surface area contributed by atoms with E-state index in [9.17, 15) is 0 Å². The molecule has 0 saturated carbocycles. The molecular formula is C10H21NO. The fraction of sp³-hybridized carbons (Fsp3) is 0.800. The summed E-state index contributed by atoms with van der Waals surface area (Å²) in [5.41, 5.74) is 0.221. The molecule has 0 amide bonds. The van der Waals surface area contributed by atoms with E-state index in [2.05, 4.69) is 32.7 Å². The molecule has 72 valence electrons. The molecule has 12 heavy (non-hydrogen) atoms. The first kappa shape index (κ1) is 11.7. The first-order chi connectivity index (χ1) is 5.62. The van der Waals surface area contributed by atoms with Gasteiger partial charge >= 0.3 is 0 Å². The van der Waals surface area contributed by atoms with Gasteiger partial charge in [0.05, 0.1) is 13.2 Å². The second-order valence-corrected chi connectivity index (χ2v) is 3.75. The SMILES string of the molecule is C=CCOCC(C)(C)CNCC. The number of hydrogen-bond donors (Lipinski definition) is 1. The van der Waals surface area contributed by atoms with Crippen LogP contribution in [0.15, 0.2) is 12.7 Å². The van der Waals surface area contributed by atoms with E-state index in [0.717, 1.165) is 19.7 Å². The van der Waals surface area contributed by atoms with Crippen LogP contribution in [0.1, 0.15) is 20.8 Å². The Balaban J connectivity index is 3.48. The van der Waals surface area contributed by atoms with E-state index in [4.69, 9.17) is 4.74 Å². The van der Waals surface area contributed by atoms with E-state index in [0.29, 0.717) is 6.61 Å². The molecule has 0 rings (SSSR count). The molecule has 0 fully saturated rings. The number of hydrogen-bond acceptors (Lipinski definition) is 2. The maximum atomic E-state index is 5.39. The molecule has 0 heterocycles. The Bertz CT molecular complexity index is 121. The highest BCUT2D eigenvalue weighted by molar-refractivity contribution is 4.72. The smallest absolute Gasteiger partial charge is 0.0645 e. The lowest BCUT2D eigenvalue weighted by molar-refractivity contribution is 0.0807. The molecule has 0 radical (unpaired) electrons. The van der Waals surface area contributed by atoms with E-state index in [1.54, 1.807) is 6.08 Å². The summed E-state index contributed by atoms with van der Waals surface area (Å²) in [6.07, 6.45) is 1.78. The first-order valence-electron chi connectivity index (χ1n) is 4.52. The molecule has 0 aliphatic carbocycles. The third-order valence-electron chi connectivity index (χ3n) is 1.58. The molecule has 2 nitrogen and oxygen atoms in total. The molecule has 0 aromatic heterocycles. The summed E-state index contributed by atoms with van der Waals surface area (Å²) in [5, 5.41) is 3.31. The van der Waals surface area contributed by atoms with E-state index in [1.807, 2.05) is 0 Å². The zero-order valence-electron chi connectivity index (χ0n) is 8.52. The van der Waals surface area contributed by atoms with Gasteiger partial charge in [-0.05, 0) is 6.54 Å². The van der Waals surface area contributed by atoms with Crippen LogP contribution >= 0.6 is 0 Å². The molecule has 2 heteroatoms. The van der Waals surface area contributed by atoms with Crippen LogP contribution in [0.2, 0.25) is 0 Å². The van der Waals surface area contributed by atoms with Gasteiger partial charge in [0.15, 0.2) is 0 Å². The molecule has 0 aliphatic rings. The van der Waals surface area contributed by atoms with Gasteiger partial charge in [-0.25, -0.2) is 0 Å². The summed E-state index contributed by atoms with van der Waals surface area (Å²) in [7, 11) is 0. The molecule has 0 aromatic rings. The van der Waals surface area contributed by atoms with Crippen molar-refractivity contribution in [3.8, 4) is 0 Å². The van der Waals surface area contributed by atoms with Crippen LogP contribution in [-0.2, 0) is 4.74 Å². The van der Waals surface area contributed by atoms with E-state index in [1.165, 1.54) is 0 Å². The lowest BCUT2D eigenvalue weighted by atomic mass is 9.95. The maximum absolute atomic E-state index is 5.39. The largest absolute Gasteiger partial charge is 0.377 e. The summed E-state index contributed by atoms with van der Waals surface area (Å²) in [6, 6.07) is 0. The summed E-state index contributed by atoms with van der Waals surface area (Å²) in [6.45, 7) is 13.6. The van der Waals surface area contributed by atoms with Gasteiger partial charge in [0.25, 0.3) is 0 Å². The Hall–Kier alpha value is -0.340. The van der Waals surface area contributed by atoms with Crippen molar-refractivity contribution in [1.82, 2.24) is 5.32 Å². The van der Waals surface area contributed by atoms with Crippen LogP contribution in [0.4, 0.5) is 0 Å². The highest BCUT2D eigenvalue weighted by atomic mass is 16.5. The minimum absolute atomic E-state index is 0.221. The third kappa shape index (κ3) is 6.38. The van der Waals surface area contributed by atoms with Gasteiger partial charge in [0.2, 0.25) is 0 Å². The van der Waals surface area contributed by atoms with Gasteiger partial charge in [0.1, 0.15) is 0 Å². The van der Waals surface area contributed by atoms with Crippen molar-refractivity contribution < 1.29 is 4.74 Å². The topological polar surface area (TPSA) is 21.3 Å². The van der Waals surface area contributed by atoms with Crippen LogP contribution in [-0.4, -0.2) is 26.3 Å². The van der Waals surface area contributed by atoms with Crippen LogP contribution in [0.3, 0.4) is 0 Å². The van der Waals surface area contributed by atoms with Gasteiger partial charge in [-0.2, -0.15) is 0 Å². The van der Waals surface area contributed by atoms with Gasteiger partial charge in [0, 0.05) is 12.0 Å². The average molecular weight is 171 g/mol. The van der Waals surface area contributed by atoms with Crippen molar-refractivity contribution in [3.05, 3.63) is 12.7 Å². The summed E-state index contributed by atoms with van der Waals surface area (Å²) < 4.78 is 5.39. The molecular weight excluding hydrogens is 150 g/mol. The number of rotatable bonds is 7. The Morgan fingerprint density at radius 2 is 2.17 bits per heavy atom. The summed E-state index contributed by atoms with van der Waals surface area (Å²) >= 11 is 0. The summed E-state index contributed by atoms with van der Waals surface area (Å²) in [5.74, 6) is 0. The fourth-order valence-corrected chi connectivity index (χ4v) is 0.933. The Morgan fingerprint density at radius 3 is 2.67 bits per heavy atom. The number of nitrogens with one attached hydrogen (secondary N) is 1. The van der Waals surface area contributed by atoms with Crippen LogP contribution in [0, 0.1) is 5.41 Å². The molecule has 1 N–H and O–H groups in total. The van der Waals surface area contributed by atoms with Crippen molar-refractivity contribution in [2.75, 3.05) is 26.3 Å². The lowest BCUT2D eigenvalue weighted by Gasteiger charge is -2.24. The fourth-order valence-electron chi connectivity index (χ4n) is 0.933. The monoisotopic (exact) mass is 171 g/mol. The van der Waals surface area contributed by atoms with Crippen molar-refractivity contribution in [2.45, 2.75) is 20.8 Å². The standard InChI is InChI=1S/C10H21NO/c1-5-7-12-9-10(3,4)8-11-6-2/h5,11H,1,6-9H2,2-4H3. The average Bonchev–Trinajstić information content (AvgIpc) is 2.01. The van der Waals surface area contributed by atoms with Crippen molar-refractivity contribution >= 4 is 0 Å². The van der Waals surface area contributed by atoms with Crippen molar-refractivity contribution in [3.63, 3.8) is 0 Å². The van der Waals surface area contributed by atoms with E-state index < -0.39 is 0 Å². The van der Waals surface area contributed by atoms with Gasteiger partial charge in [-0.15, -0.1) is 6.58 Å². The van der Waals surface area contributed by atoms with Crippen LogP contribution in [0.25, 0.3) is 0 Å². The molecule has 0 atom stereocenters. The molecule has 0 unspecified atom stereocenters. The second kappa shape index (κ2) is 6.21. The quantitative estimate of drug-likeness (QED) is 0.466. The molecule has 0 saturated heterocycles. The predicted octanol–water partition coefficient (Wildman–Crippen LogP) is 1.82. The van der Waals surface area contributed by atoms with Crippen molar-refractivity contribution in [2.24, 2.45) is 5.41 Å². The summed E-state index contributed by atoms with van der Waals surface area (Å²) in [4.78, 5) is 0. The highest BCUT2D eigenvalue weighted by Gasteiger charge is 2.16.